The lowest BCUT2D eigenvalue weighted by molar-refractivity contribution is -0.111. The lowest BCUT2D eigenvalue weighted by Gasteiger charge is -2.61. The van der Waals surface area contributed by atoms with E-state index in [4.69, 9.17) is 22.5 Å². The second-order valence-electron chi connectivity index (χ2n) is 31.8. The van der Waals surface area contributed by atoms with Crippen LogP contribution in [0.15, 0.2) is 0 Å². The Morgan fingerprint density at radius 2 is 0.681 bits per heavy atom. The molecule has 14 heteroatoms. The van der Waals surface area contributed by atoms with Gasteiger partial charge in [0.25, 0.3) is 0 Å². The zero-order chi connectivity index (χ0) is 57.7. The second-order valence-corrected chi connectivity index (χ2v) is 53.1. The van der Waals surface area contributed by atoms with Crippen molar-refractivity contribution in [3.05, 3.63) is 0 Å². The molecule has 0 aliphatic carbocycles. The number of rotatable bonds is 25. The van der Waals surface area contributed by atoms with Crippen LogP contribution < -0.4 is 5.32 Å². The van der Waals surface area contributed by atoms with E-state index in [2.05, 4.69) is 257 Å². The van der Waals surface area contributed by atoms with Gasteiger partial charge in [-0.05, 0) is 101 Å². The van der Waals surface area contributed by atoms with Gasteiger partial charge in [0.05, 0.1) is 51.7 Å². The minimum atomic E-state index is -2.77. The molecule has 0 rings (SSSR count). The van der Waals surface area contributed by atoms with Crippen molar-refractivity contribution in [1.29, 1.82) is 0 Å². The number of carbonyl (C=O) groups excluding carboxylic acids is 1. The maximum absolute atomic E-state index is 14.4. The summed E-state index contributed by atoms with van der Waals surface area (Å²) >= 11 is 1.34. The first-order valence-electron chi connectivity index (χ1n) is 28.0. The van der Waals surface area contributed by atoms with Crippen molar-refractivity contribution in [1.82, 2.24) is 14.7 Å². The summed E-state index contributed by atoms with van der Waals surface area (Å²) in [6, 6.07) is 1.38. The van der Waals surface area contributed by atoms with Crippen molar-refractivity contribution in [2.24, 2.45) is 0 Å². The van der Waals surface area contributed by atoms with Gasteiger partial charge in [0.1, 0.15) is 0 Å². The Hall–Kier alpha value is 0.781. The summed E-state index contributed by atoms with van der Waals surface area (Å²) in [7, 11) is -9.29. The Balaban J connectivity index is 7.71. The molecule has 0 atom stereocenters. The molecule has 0 saturated carbocycles. The molecule has 0 spiro atoms. The lowest BCUT2D eigenvalue weighted by atomic mass is 10.0. The van der Waals surface area contributed by atoms with E-state index in [0.717, 1.165) is 0 Å². The van der Waals surface area contributed by atoms with Crippen LogP contribution in [0.25, 0.3) is 0 Å². The number of hydrogen-bond donors (Lipinski definition) is 1. The molecule has 0 radical (unpaired) electrons. The summed E-state index contributed by atoms with van der Waals surface area (Å²) in [5, 5.41) is 2.96. The first kappa shape index (κ1) is 72.8. The molecule has 9 nitrogen and oxygen atoms in total. The fourth-order valence-corrected chi connectivity index (χ4v) is 44.7. The standard InChI is InChI=1S/C58H126N3O6PSSi3/c1-44(2)60(45(3)4)68(61(46(5)6)47(7)8)64-37-36-63-38-39-69-48(62)40-59-58(41-65-70(49(9,10)11,50(12,13)14)51(15,16)17,42-66-71(52(18,19)20,53(21,22)23)54(24,25)26)43-67-72(55(27,28)29,56(30,31)32)57(33,34)35/h44-47,59H,36-43H2,1-35H3. The molecule has 72 heavy (non-hydrogen) atoms. The molecule has 0 aromatic heterocycles. The summed E-state index contributed by atoms with van der Waals surface area (Å²) < 4.78 is 41.9. The van der Waals surface area contributed by atoms with E-state index in [9.17, 15) is 4.79 Å². The van der Waals surface area contributed by atoms with E-state index in [-0.39, 0.29) is 57.0 Å². The topological polar surface area (TPSA) is 81.7 Å². The van der Waals surface area contributed by atoms with Crippen LogP contribution in [0.3, 0.4) is 0 Å². The van der Waals surface area contributed by atoms with Crippen LogP contribution in [-0.4, -0.2) is 121 Å². The monoisotopic (exact) mass is 1110 g/mol. The molecule has 0 bridgehead atoms. The van der Waals surface area contributed by atoms with Crippen molar-refractivity contribution in [2.75, 3.05) is 51.9 Å². The van der Waals surface area contributed by atoms with Gasteiger partial charge in [-0.25, -0.2) is 9.34 Å². The van der Waals surface area contributed by atoms with Crippen molar-refractivity contribution in [3.63, 3.8) is 0 Å². The molecule has 0 heterocycles. The number of hydrogen-bond acceptors (Lipinski definition) is 10. The van der Waals surface area contributed by atoms with E-state index in [0.29, 0.717) is 69.6 Å². The molecule has 0 aromatic rings. The van der Waals surface area contributed by atoms with E-state index >= 15 is 0 Å². The van der Waals surface area contributed by atoms with Crippen LogP contribution in [0, 0.1) is 0 Å². The maximum Gasteiger partial charge on any atom is 0.208 e. The fourth-order valence-electron chi connectivity index (χ4n) is 16.1. The van der Waals surface area contributed by atoms with Gasteiger partial charge < -0.3 is 22.5 Å². The van der Waals surface area contributed by atoms with Gasteiger partial charge in [-0.1, -0.05) is 199 Å². The van der Waals surface area contributed by atoms with Crippen molar-refractivity contribution >= 4 is 50.3 Å². The van der Waals surface area contributed by atoms with Gasteiger partial charge in [0.2, 0.25) is 30.1 Å². The van der Waals surface area contributed by atoms with E-state index in [1.54, 1.807) is 0 Å². The average molecular weight is 1110 g/mol. The van der Waals surface area contributed by atoms with Crippen LogP contribution in [0.5, 0.6) is 0 Å². The molecule has 0 aliphatic rings. The highest BCUT2D eigenvalue weighted by Crippen LogP contribution is 2.66. The third kappa shape index (κ3) is 16.9. The highest BCUT2D eigenvalue weighted by Gasteiger charge is 2.66. The highest BCUT2D eigenvalue weighted by atomic mass is 32.2. The quantitative estimate of drug-likeness (QED) is 0.0542. The van der Waals surface area contributed by atoms with E-state index < -0.39 is 38.9 Å². The van der Waals surface area contributed by atoms with Crippen LogP contribution in [0.2, 0.25) is 45.3 Å². The maximum atomic E-state index is 14.4. The molecular formula is C58H126N3O6PSSi3. The Morgan fingerprint density at radius 3 is 0.903 bits per heavy atom. The van der Waals surface area contributed by atoms with Crippen LogP contribution in [0.1, 0.15) is 242 Å². The molecule has 432 valence electrons. The predicted molar refractivity (Wildman–Crippen MR) is 329 cm³/mol. The summed E-state index contributed by atoms with van der Waals surface area (Å²) in [4.78, 5) is 14.4. The van der Waals surface area contributed by atoms with Crippen LogP contribution >= 0.6 is 20.2 Å². The first-order chi connectivity index (χ1) is 31.6. The first-order valence-corrected chi connectivity index (χ1v) is 35.9. The fraction of sp³-hybridized carbons (Fsp3) is 0.983. The summed E-state index contributed by atoms with van der Waals surface area (Å²) in [6.45, 7) is 85.1. The van der Waals surface area contributed by atoms with E-state index in [1.807, 2.05) is 0 Å². The molecule has 1 N–H and O–H groups in total. The number of nitrogens with zero attached hydrogens (tertiary/aromatic N) is 2. The Morgan fingerprint density at radius 1 is 0.431 bits per heavy atom. The van der Waals surface area contributed by atoms with Crippen molar-refractivity contribution in [3.8, 4) is 0 Å². The molecule has 0 amide bonds. The van der Waals surface area contributed by atoms with E-state index in [1.165, 1.54) is 11.8 Å². The zero-order valence-corrected chi connectivity index (χ0v) is 59.4. The van der Waals surface area contributed by atoms with Gasteiger partial charge in [0, 0.05) is 29.9 Å². The molecule has 0 aromatic carbocycles. The SMILES string of the molecule is CC(C)N(C(C)C)P(OCCOCCSC(=O)CNC(CO[Si](C(C)(C)C)(C(C)(C)C)C(C)(C)C)(CO[Si](C(C)(C)C)(C(C)(C)C)C(C)(C)C)CO[Si](C(C)(C)C)(C(C)(C)C)C(C)(C)C)N(C(C)C)C(C)C. The predicted octanol–water partition coefficient (Wildman–Crippen LogP) is 18.2. The number of carbonyl (C=O) groups is 1. The summed E-state index contributed by atoms with van der Waals surface area (Å²) in [5.74, 6) is 0.552. The molecule has 0 aliphatic heterocycles. The number of thioether (sulfide) groups is 1. The molecule has 0 saturated heterocycles. The third-order valence-electron chi connectivity index (χ3n) is 15.2. The number of ether oxygens (including phenoxy) is 1. The van der Waals surface area contributed by atoms with Gasteiger partial charge >= 0.3 is 0 Å². The largest absolute Gasteiger partial charge is 0.413 e. The molecule has 0 unspecified atom stereocenters. The minimum absolute atomic E-state index is 0.0691. The minimum Gasteiger partial charge on any atom is -0.413 e. The molecule has 0 fully saturated rings. The number of nitrogens with one attached hydrogen (secondary N) is 1. The van der Waals surface area contributed by atoms with Gasteiger partial charge in [-0.2, -0.15) is 0 Å². The molecular weight excluding hydrogens is 982 g/mol. The van der Waals surface area contributed by atoms with Gasteiger partial charge in [-0.15, -0.1) is 0 Å². The van der Waals surface area contributed by atoms with Gasteiger partial charge in [-0.3, -0.25) is 10.1 Å². The third-order valence-corrected chi connectivity index (χ3v) is 39.9. The van der Waals surface area contributed by atoms with Crippen molar-refractivity contribution in [2.45, 2.75) is 317 Å². The Labute approximate surface area is 459 Å². The van der Waals surface area contributed by atoms with Gasteiger partial charge in [0.15, 0.2) is 8.45 Å². The average Bonchev–Trinajstić information content (AvgIpc) is 3.08. The van der Waals surface area contributed by atoms with Crippen LogP contribution in [-0.2, 0) is 27.3 Å². The lowest BCUT2D eigenvalue weighted by Crippen LogP contribution is -2.69. The Kier molecular flexibility index (Phi) is 26.2. The summed E-state index contributed by atoms with van der Waals surface area (Å²) in [5.41, 5.74) is -0.873. The van der Waals surface area contributed by atoms with Crippen LogP contribution in [0.4, 0.5) is 0 Å². The summed E-state index contributed by atoms with van der Waals surface area (Å²) in [6.07, 6.45) is 0. The van der Waals surface area contributed by atoms with Crippen molar-refractivity contribution < 1.29 is 27.3 Å². The highest BCUT2D eigenvalue weighted by molar-refractivity contribution is 8.13. The zero-order valence-electron chi connectivity index (χ0n) is 54.7. The smallest absolute Gasteiger partial charge is 0.208 e. The normalized spacial score (nSPS) is 15.5. The Bertz CT molecular complexity index is 1360. The second kappa shape index (κ2) is 25.9.